The van der Waals surface area contributed by atoms with Crippen LogP contribution in [0.4, 0.5) is 13.2 Å². The van der Waals surface area contributed by atoms with E-state index in [0.29, 0.717) is 17.9 Å². The molecule has 0 bridgehead atoms. The highest BCUT2D eigenvalue weighted by atomic mass is 35.5. The van der Waals surface area contributed by atoms with Crippen LogP contribution in [0.25, 0.3) is 0 Å². The Morgan fingerprint density at radius 2 is 1.86 bits per heavy atom. The minimum absolute atomic E-state index is 0.174. The molecule has 0 fully saturated rings. The van der Waals surface area contributed by atoms with Gasteiger partial charge in [0.2, 0.25) is 0 Å². The van der Waals surface area contributed by atoms with Gasteiger partial charge in [0.1, 0.15) is 5.75 Å². The maximum atomic E-state index is 13.4. The van der Waals surface area contributed by atoms with E-state index in [1.165, 1.54) is 12.1 Å². The molecule has 0 heterocycles. The summed E-state index contributed by atoms with van der Waals surface area (Å²) < 4.78 is 44.9. The molecule has 2 nitrogen and oxygen atoms in total. The van der Waals surface area contributed by atoms with E-state index in [2.05, 4.69) is 18.7 Å². The van der Waals surface area contributed by atoms with Crippen LogP contribution in [0.1, 0.15) is 31.4 Å². The monoisotopic (exact) mass is 337 g/mol. The molecule has 0 saturated heterocycles. The quantitative estimate of drug-likeness (QED) is 0.599. The van der Waals surface area contributed by atoms with Gasteiger partial charge in [0, 0.05) is 12.1 Å². The van der Waals surface area contributed by atoms with Gasteiger partial charge in [0.15, 0.2) is 6.67 Å². The number of nitrogens with zero attached hydrogens (tertiary/aromatic N) is 1. The van der Waals surface area contributed by atoms with Gasteiger partial charge in [-0.15, -0.1) is 0 Å². The van der Waals surface area contributed by atoms with Gasteiger partial charge in [0.05, 0.1) is 11.6 Å². The van der Waals surface area contributed by atoms with Crippen molar-refractivity contribution in [2.75, 3.05) is 32.9 Å². The molecule has 22 heavy (non-hydrogen) atoms. The number of aryl methyl sites for hydroxylation is 1. The van der Waals surface area contributed by atoms with Crippen molar-refractivity contribution in [3.05, 3.63) is 28.3 Å². The van der Waals surface area contributed by atoms with Crippen LogP contribution in [0.15, 0.2) is 12.1 Å². The first-order valence-electron chi connectivity index (χ1n) is 7.45. The molecule has 1 aromatic rings. The summed E-state index contributed by atoms with van der Waals surface area (Å²) in [7, 11) is 0. The maximum Gasteiger partial charge on any atom is 0.302 e. The molecule has 0 spiro atoms. The molecule has 0 unspecified atom stereocenters. The molecule has 0 saturated carbocycles. The van der Waals surface area contributed by atoms with E-state index in [1.54, 1.807) is 6.92 Å². The highest BCUT2D eigenvalue weighted by molar-refractivity contribution is 6.31. The number of hydrogen-bond donors (Lipinski definition) is 0. The summed E-state index contributed by atoms with van der Waals surface area (Å²) in [4.78, 5) is 2.27. The highest BCUT2D eigenvalue weighted by Crippen LogP contribution is 2.37. The maximum absolute atomic E-state index is 13.4. The standard InChI is InChI=1S/C16H23ClF3NO/c1-4-21(5-2)7-6-8-22-15-10-14(17)13(9-12(15)3)16(19,20)11-18/h9-10H,4-8,11H2,1-3H3. The molecule has 0 N–H and O–H groups in total. The second-order valence-corrected chi connectivity index (χ2v) is 5.57. The summed E-state index contributed by atoms with van der Waals surface area (Å²) >= 11 is 5.84. The summed E-state index contributed by atoms with van der Waals surface area (Å²) in [6, 6.07) is 2.54. The molecule has 0 aliphatic rings. The van der Waals surface area contributed by atoms with Gasteiger partial charge in [-0.3, -0.25) is 0 Å². The first kappa shape index (κ1) is 19.1. The van der Waals surface area contributed by atoms with Gasteiger partial charge in [-0.05, 0) is 44.1 Å². The smallest absolute Gasteiger partial charge is 0.302 e. The van der Waals surface area contributed by atoms with E-state index in [4.69, 9.17) is 16.3 Å². The molecule has 0 amide bonds. The Morgan fingerprint density at radius 1 is 1.23 bits per heavy atom. The van der Waals surface area contributed by atoms with Gasteiger partial charge in [-0.1, -0.05) is 25.4 Å². The molecule has 1 rings (SSSR count). The third-order valence-electron chi connectivity index (χ3n) is 3.60. The number of rotatable bonds is 9. The molecule has 0 aliphatic heterocycles. The average Bonchev–Trinajstić information content (AvgIpc) is 2.50. The molecule has 0 aliphatic carbocycles. The van der Waals surface area contributed by atoms with Crippen LogP contribution < -0.4 is 4.74 Å². The minimum atomic E-state index is -3.57. The van der Waals surface area contributed by atoms with Crippen molar-refractivity contribution >= 4 is 11.6 Å². The van der Waals surface area contributed by atoms with Crippen LogP contribution in [0.3, 0.4) is 0 Å². The Hall–Kier alpha value is -0.940. The summed E-state index contributed by atoms with van der Waals surface area (Å²) in [5.74, 6) is -3.11. The van der Waals surface area contributed by atoms with E-state index >= 15 is 0 Å². The predicted molar refractivity (Wildman–Crippen MR) is 84.0 cm³/mol. The molecule has 0 radical (unpaired) electrons. The minimum Gasteiger partial charge on any atom is -0.493 e. The number of ether oxygens (including phenoxy) is 1. The second kappa shape index (κ2) is 8.63. The SMILES string of the molecule is CCN(CC)CCCOc1cc(Cl)c(C(F)(F)CF)cc1C. The predicted octanol–water partition coefficient (Wildman–Crippen LogP) is 4.82. The Kier molecular flexibility index (Phi) is 7.49. The fourth-order valence-corrected chi connectivity index (χ4v) is 2.47. The topological polar surface area (TPSA) is 12.5 Å². The van der Waals surface area contributed by atoms with Crippen molar-refractivity contribution in [3.63, 3.8) is 0 Å². The summed E-state index contributed by atoms with van der Waals surface area (Å²) in [5, 5.41) is -0.174. The van der Waals surface area contributed by atoms with Crippen LogP contribution in [0, 0.1) is 6.92 Å². The van der Waals surface area contributed by atoms with Crippen molar-refractivity contribution in [2.45, 2.75) is 33.1 Å². The van der Waals surface area contributed by atoms with Crippen molar-refractivity contribution in [1.82, 2.24) is 4.90 Å². The van der Waals surface area contributed by atoms with Gasteiger partial charge < -0.3 is 9.64 Å². The third kappa shape index (κ3) is 5.06. The Morgan fingerprint density at radius 3 is 2.41 bits per heavy atom. The molecule has 6 heteroatoms. The lowest BCUT2D eigenvalue weighted by atomic mass is 10.1. The zero-order valence-electron chi connectivity index (χ0n) is 13.3. The van der Waals surface area contributed by atoms with Gasteiger partial charge in [0.25, 0.3) is 0 Å². The molecule has 0 atom stereocenters. The molecule has 126 valence electrons. The van der Waals surface area contributed by atoms with Crippen LogP contribution >= 0.6 is 11.6 Å². The van der Waals surface area contributed by atoms with Crippen LogP contribution in [0.5, 0.6) is 5.75 Å². The zero-order valence-corrected chi connectivity index (χ0v) is 14.0. The van der Waals surface area contributed by atoms with Crippen molar-refractivity contribution in [3.8, 4) is 5.75 Å². The summed E-state index contributed by atoms with van der Waals surface area (Å²) in [5.41, 5.74) is 0.0278. The normalized spacial score (nSPS) is 12.0. The highest BCUT2D eigenvalue weighted by Gasteiger charge is 2.34. The zero-order chi connectivity index (χ0) is 16.8. The second-order valence-electron chi connectivity index (χ2n) is 5.16. The van der Waals surface area contributed by atoms with Crippen LogP contribution in [0.2, 0.25) is 5.02 Å². The Labute approximate surface area is 135 Å². The van der Waals surface area contributed by atoms with Gasteiger partial charge >= 0.3 is 5.92 Å². The van der Waals surface area contributed by atoms with Crippen molar-refractivity contribution < 1.29 is 17.9 Å². The number of benzene rings is 1. The lowest BCUT2D eigenvalue weighted by molar-refractivity contribution is -0.0280. The first-order chi connectivity index (χ1) is 10.4. The van der Waals surface area contributed by atoms with Crippen molar-refractivity contribution in [1.29, 1.82) is 0 Å². The fraction of sp³-hybridized carbons (Fsp3) is 0.625. The first-order valence-corrected chi connectivity index (χ1v) is 7.83. The fourth-order valence-electron chi connectivity index (χ4n) is 2.18. The average molecular weight is 338 g/mol. The largest absolute Gasteiger partial charge is 0.493 e. The number of halogens is 4. The van der Waals surface area contributed by atoms with Gasteiger partial charge in [-0.2, -0.15) is 8.78 Å². The number of hydrogen-bond acceptors (Lipinski definition) is 2. The molecular weight excluding hydrogens is 315 g/mol. The molecule has 1 aromatic carbocycles. The third-order valence-corrected chi connectivity index (χ3v) is 3.91. The molecule has 0 aromatic heterocycles. The van der Waals surface area contributed by atoms with E-state index in [1.807, 2.05) is 0 Å². The number of alkyl halides is 3. The van der Waals surface area contributed by atoms with E-state index < -0.39 is 18.2 Å². The Bertz CT molecular complexity index is 479. The van der Waals surface area contributed by atoms with E-state index in [0.717, 1.165) is 26.1 Å². The van der Waals surface area contributed by atoms with E-state index in [-0.39, 0.29) is 5.02 Å². The lowest BCUT2D eigenvalue weighted by Crippen LogP contribution is -2.25. The summed E-state index contributed by atoms with van der Waals surface area (Å²) in [6.07, 6.45) is 0.834. The Balaban J connectivity index is 2.68. The van der Waals surface area contributed by atoms with E-state index in [9.17, 15) is 13.2 Å². The van der Waals surface area contributed by atoms with Crippen molar-refractivity contribution in [2.24, 2.45) is 0 Å². The van der Waals surface area contributed by atoms with Gasteiger partial charge in [-0.25, -0.2) is 4.39 Å². The van der Waals surface area contributed by atoms with Crippen LogP contribution in [-0.2, 0) is 5.92 Å². The van der Waals surface area contributed by atoms with Crippen LogP contribution in [-0.4, -0.2) is 37.8 Å². The summed E-state index contributed by atoms with van der Waals surface area (Å²) in [6.45, 7) is 7.42. The lowest BCUT2D eigenvalue weighted by Gasteiger charge is -2.19. The molecular formula is C16H23ClF3NO.